The minimum Gasteiger partial charge on any atom is -0.329 e. The highest BCUT2D eigenvalue weighted by atomic mass is 14.9. The van der Waals surface area contributed by atoms with E-state index in [2.05, 4.69) is 37.4 Å². The van der Waals surface area contributed by atoms with Crippen LogP contribution in [0.15, 0.2) is 18.2 Å². The Kier molecular flexibility index (Phi) is 4.13. The zero-order valence-corrected chi connectivity index (χ0v) is 12.9. The molecule has 1 aromatic carbocycles. The van der Waals surface area contributed by atoms with Gasteiger partial charge in [0.05, 0.1) is 0 Å². The van der Waals surface area contributed by atoms with E-state index in [0.717, 1.165) is 24.3 Å². The molecule has 2 aliphatic carbocycles. The molecule has 2 fully saturated rings. The zero-order valence-electron chi connectivity index (χ0n) is 12.9. The lowest BCUT2D eigenvalue weighted by atomic mass is 9.95. The molecule has 1 atom stereocenters. The fourth-order valence-corrected chi connectivity index (χ4v) is 3.58. The van der Waals surface area contributed by atoms with Crippen molar-refractivity contribution in [3.8, 4) is 0 Å². The first-order chi connectivity index (χ1) is 9.69. The minimum absolute atomic E-state index is 0.315. The summed E-state index contributed by atoms with van der Waals surface area (Å²) in [5, 5.41) is 3.76. The Morgan fingerprint density at radius 2 is 1.80 bits per heavy atom. The van der Waals surface area contributed by atoms with E-state index >= 15 is 0 Å². The Morgan fingerprint density at radius 3 is 2.30 bits per heavy atom. The van der Waals surface area contributed by atoms with Crippen LogP contribution in [-0.2, 0) is 0 Å². The maximum absolute atomic E-state index is 6.02. The predicted molar refractivity (Wildman–Crippen MR) is 84.7 cm³/mol. The van der Waals surface area contributed by atoms with Crippen molar-refractivity contribution in [3.63, 3.8) is 0 Å². The Morgan fingerprint density at radius 1 is 1.15 bits per heavy atom. The van der Waals surface area contributed by atoms with Gasteiger partial charge in [-0.2, -0.15) is 0 Å². The maximum atomic E-state index is 6.02. The molecule has 20 heavy (non-hydrogen) atoms. The Labute approximate surface area is 123 Å². The van der Waals surface area contributed by atoms with Crippen LogP contribution in [0.3, 0.4) is 0 Å². The molecule has 2 aliphatic rings. The Hall–Kier alpha value is -0.860. The third-order valence-electron chi connectivity index (χ3n) is 5.09. The summed E-state index contributed by atoms with van der Waals surface area (Å²) in [4.78, 5) is 0. The quantitative estimate of drug-likeness (QED) is 0.799. The Bertz CT molecular complexity index is 448. The lowest BCUT2D eigenvalue weighted by Crippen LogP contribution is -2.34. The summed E-state index contributed by atoms with van der Waals surface area (Å²) >= 11 is 0. The van der Waals surface area contributed by atoms with Gasteiger partial charge in [-0.15, -0.1) is 0 Å². The molecular weight excluding hydrogens is 244 g/mol. The number of aryl methyl sites for hydroxylation is 2. The van der Waals surface area contributed by atoms with Crippen molar-refractivity contribution in [1.29, 1.82) is 0 Å². The van der Waals surface area contributed by atoms with Gasteiger partial charge in [-0.25, -0.2) is 0 Å². The fourth-order valence-electron chi connectivity index (χ4n) is 3.58. The van der Waals surface area contributed by atoms with Crippen LogP contribution in [0.1, 0.15) is 48.4 Å². The van der Waals surface area contributed by atoms with Crippen LogP contribution in [0.2, 0.25) is 0 Å². The number of hydrogen-bond donors (Lipinski definition) is 2. The molecule has 1 unspecified atom stereocenters. The van der Waals surface area contributed by atoms with Gasteiger partial charge in [0.25, 0.3) is 0 Å². The van der Waals surface area contributed by atoms with E-state index in [1.165, 1.54) is 42.4 Å². The topological polar surface area (TPSA) is 38.0 Å². The normalized spacial score (nSPS) is 20.4. The van der Waals surface area contributed by atoms with E-state index in [4.69, 9.17) is 5.73 Å². The second-order valence-corrected chi connectivity index (χ2v) is 6.90. The molecule has 0 aliphatic heterocycles. The summed E-state index contributed by atoms with van der Waals surface area (Å²) < 4.78 is 0. The number of hydrogen-bond acceptors (Lipinski definition) is 2. The van der Waals surface area contributed by atoms with Gasteiger partial charge in [0.15, 0.2) is 0 Å². The summed E-state index contributed by atoms with van der Waals surface area (Å²) in [6.45, 7) is 6.19. The van der Waals surface area contributed by atoms with Crippen LogP contribution < -0.4 is 11.1 Å². The highest BCUT2D eigenvalue weighted by Gasteiger charge is 2.41. The van der Waals surface area contributed by atoms with Crippen LogP contribution in [-0.4, -0.2) is 13.1 Å². The second kappa shape index (κ2) is 5.87. The summed E-state index contributed by atoms with van der Waals surface area (Å²) in [5.41, 5.74) is 10.1. The first kappa shape index (κ1) is 14.1. The van der Waals surface area contributed by atoms with Crippen molar-refractivity contribution in [2.45, 2.75) is 45.6 Å². The molecule has 0 heterocycles. The number of rotatable bonds is 7. The van der Waals surface area contributed by atoms with Crippen molar-refractivity contribution in [3.05, 3.63) is 34.9 Å². The average molecular weight is 272 g/mol. The van der Waals surface area contributed by atoms with E-state index in [9.17, 15) is 0 Å². The van der Waals surface area contributed by atoms with Gasteiger partial charge in [0.2, 0.25) is 0 Å². The molecule has 2 heteroatoms. The van der Waals surface area contributed by atoms with Crippen LogP contribution in [0.25, 0.3) is 0 Å². The molecule has 1 aromatic rings. The van der Waals surface area contributed by atoms with Gasteiger partial charge >= 0.3 is 0 Å². The summed E-state index contributed by atoms with van der Waals surface area (Å²) in [6, 6.07) is 7.03. The second-order valence-electron chi connectivity index (χ2n) is 6.90. The maximum Gasteiger partial charge on any atom is 0.0447 e. The lowest BCUT2D eigenvalue weighted by Gasteiger charge is -2.24. The first-order valence-electron chi connectivity index (χ1n) is 8.19. The smallest absolute Gasteiger partial charge is 0.0447 e. The zero-order chi connectivity index (χ0) is 14.1. The molecule has 110 valence electrons. The molecule has 2 nitrogen and oxygen atoms in total. The van der Waals surface area contributed by atoms with E-state index in [1.54, 1.807) is 0 Å². The molecular formula is C18H28N2. The first-order valence-corrected chi connectivity index (χ1v) is 8.19. The van der Waals surface area contributed by atoms with E-state index in [1.807, 2.05) is 0 Å². The molecule has 0 saturated heterocycles. The standard InChI is InChI=1S/C18H28N2/c1-12-3-8-16(13(2)9-12)18(10-19)20-11-17(14-4-5-14)15-6-7-15/h3,8-9,14-15,17-18,20H,4-7,10-11,19H2,1-2H3. The van der Waals surface area contributed by atoms with Crippen LogP contribution in [0.4, 0.5) is 0 Å². The van der Waals surface area contributed by atoms with Gasteiger partial charge in [-0.1, -0.05) is 23.8 Å². The number of benzene rings is 1. The minimum atomic E-state index is 0.315. The predicted octanol–water partition coefficient (Wildman–Crippen LogP) is 3.33. The third-order valence-corrected chi connectivity index (χ3v) is 5.09. The highest BCUT2D eigenvalue weighted by Crippen LogP contribution is 2.49. The Balaban J connectivity index is 1.63. The lowest BCUT2D eigenvalue weighted by molar-refractivity contribution is 0.357. The third kappa shape index (κ3) is 3.24. The van der Waals surface area contributed by atoms with Gasteiger partial charge in [-0.3, -0.25) is 0 Å². The molecule has 2 saturated carbocycles. The molecule has 0 aromatic heterocycles. The highest BCUT2D eigenvalue weighted by molar-refractivity contribution is 5.33. The van der Waals surface area contributed by atoms with Crippen molar-refractivity contribution in [2.24, 2.45) is 23.5 Å². The van der Waals surface area contributed by atoms with Crippen molar-refractivity contribution in [2.75, 3.05) is 13.1 Å². The van der Waals surface area contributed by atoms with E-state index in [0.29, 0.717) is 12.6 Å². The summed E-state index contributed by atoms with van der Waals surface area (Å²) in [6.07, 6.45) is 5.83. The van der Waals surface area contributed by atoms with Crippen LogP contribution in [0, 0.1) is 31.6 Å². The van der Waals surface area contributed by atoms with Crippen LogP contribution >= 0.6 is 0 Å². The molecule has 0 amide bonds. The molecule has 0 radical (unpaired) electrons. The molecule has 0 bridgehead atoms. The summed E-state index contributed by atoms with van der Waals surface area (Å²) in [7, 11) is 0. The average Bonchev–Trinajstić information content (AvgIpc) is 3.28. The fraction of sp³-hybridized carbons (Fsp3) is 0.667. The number of nitrogens with one attached hydrogen (secondary N) is 1. The molecule has 3 rings (SSSR count). The van der Waals surface area contributed by atoms with Crippen molar-refractivity contribution < 1.29 is 0 Å². The number of nitrogens with two attached hydrogens (primary N) is 1. The summed E-state index contributed by atoms with van der Waals surface area (Å²) in [5.74, 6) is 2.93. The van der Waals surface area contributed by atoms with E-state index < -0.39 is 0 Å². The van der Waals surface area contributed by atoms with Gasteiger partial charge in [-0.05, 0) is 75.0 Å². The molecule has 3 N–H and O–H groups in total. The SMILES string of the molecule is Cc1ccc(C(CN)NCC(C2CC2)C2CC2)c(C)c1. The van der Waals surface area contributed by atoms with Crippen LogP contribution in [0.5, 0.6) is 0 Å². The van der Waals surface area contributed by atoms with Gasteiger partial charge < -0.3 is 11.1 Å². The van der Waals surface area contributed by atoms with Gasteiger partial charge in [0.1, 0.15) is 0 Å². The monoisotopic (exact) mass is 272 g/mol. The van der Waals surface area contributed by atoms with E-state index in [-0.39, 0.29) is 0 Å². The van der Waals surface area contributed by atoms with Crippen molar-refractivity contribution >= 4 is 0 Å². The van der Waals surface area contributed by atoms with Crippen molar-refractivity contribution in [1.82, 2.24) is 5.32 Å². The molecule has 0 spiro atoms. The largest absolute Gasteiger partial charge is 0.329 e. The van der Waals surface area contributed by atoms with Gasteiger partial charge in [0, 0.05) is 12.6 Å².